The number of amides is 1. The lowest BCUT2D eigenvalue weighted by molar-refractivity contribution is -0.121. The van der Waals surface area contributed by atoms with Crippen LogP contribution in [0.15, 0.2) is 60.7 Å². The summed E-state index contributed by atoms with van der Waals surface area (Å²) in [5.74, 6) is 0.179. The highest BCUT2D eigenvalue weighted by atomic mass is 16.2. The second kappa shape index (κ2) is 7.25. The molecule has 1 aliphatic rings. The number of aryl methyl sites for hydroxylation is 1. The van der Waals surface area contributed by atoms with Crippen molar-refractivity contribution in [3.8, 4) is 0 Å². The zero-order valence-corrected chi connectivity index (χ0v) is 13.5. The van der Waals surface area contributed by atoms with E-state index >= 15 is 0 Å². The summed E-state index contributed by atoms with van der Waals surface area (Å²) in [6.07, 6.45) is 4.24. The lowest BCUT2D eigenvalue weighted by atomic mass is 10.1. The molecular formula is C20H22N2O. The van der Waals surface area contributed by atoms with E-state index < -0.39 is 0 Å². The van der Waals surface area contributed by atoms with Crippen LogP contribution < -0.4 is 4.90 Å². The molecule has 1 saturated heterocycles. The van der Waals surface area contributed by atoms with Crippen molar-refractivity contribution in [3.05, 3.63) is 71.8 Å². The Morgan fingerprint density at radius 1 is 1.00 bits per heavy atom. The Kier molecular flexibility index (Phi) is 4.89. The molecule has 0 N–H and O–H groups in total. The molecule has 23 heavy (non-hydrogen) atoms. The van der Waals surface area contributed by atoms with Gasteiger partial charge in [0.15, 0.2) is 0 Å². The van der Waals surface area contributed by atoms with Gasteiger partial charge in [-0.2, -0.15) is 0 Å². The maximum absolute atomic E-state index is 12.5. The monoisotopic (exact) mass is 306 g/mol. The minimum Gasteiger partial charge on any atom is -0.310 e. The zero-order chi connectivity index (χ0) is 16.1. The van der Waals surface area contributed by atoms with Gasteiger partial charge in [-0.05, 0) is 24.1 Å². The van der Waals surface area contributed by atoms with Crippen LogP contribution in [0.5, 0.6) is 0 Å². The highest BCUT2D eigenvalue weighted by Gasteiger charge is 2.24. The summed E-state index contributed by atoms with van der Waals surface area (Å²) >= 11 is 0. The Bertz CT molecular complexity index is 694. The molecule has 1 aliphatic heterocycles. The second-order valence-electron chi connectivity index (χ2n) is 5.88. The van der Waals surface area contributed by atoms with Crippen LogP contribution in [-0.4, -0.2) is 37.0 Å². The largest absolute Gasteiger partial charge is 0.310 e. The van der Waals surface area contributed by atoms with Gasteiger partial charge in [-0.25, -0.2) is 0 Å². The molecule has 3 nitrogen and oxygen atoms in total. The number of carbonyl (C=O) groups excluding carboxylic acids is 1. The summed E-state index contributed by atoms with van der Waals surface area (Å²) in [4.78, 5) is 16.6. The summed E-state index contributed by atoms with van der Waals surface area (Å²) < 4.78 is 0. The fourth-order valence-corrected chi connectivity index (χ4v) is 2.90. The molecule has 0 atom stereocenters. The van der Waals surface area contributed by atoms with Crippen LogP contribution >= 0.6 is 0 Å². The van der Waals surface area contributed by atoms with E-state index in [1.165, 1.54) is 5.56 Å². The normalized spacial score (nSPS) is 16.2. The van der Waals surface area contributed by atoms with Crippen molar-refractivity contribution in [2.75, 3.05) is 31.1 Å². The fourth-order valence-electron chi connectivity index (χ4n) is 2.90. The molecule has 2 aromatic carbocycles. The number of benzene rings is 2. The molecule has 1 amide bonds. The van der Waals surface area contributed by atoms with Crippen LogP contribution in [0.25, 0.3) is 6.08 Å². The van der Waals surface area contributed by atoms with Crippen molar-refractivity contribution >= 4 is 17.7 Å². The van der Waals surface area contributed by atoms with Gasteiger partial charge in [0, 0.05) is 25.3 Å². The van der Waals surface area contributed by atoms with E-state index in [1.807, 2.05) is 41.3 Å². The third-order valence-corrected chi connectivity index (χ3v) is 4.18. The van der Waals surface area contributed by atoms with Crippen LogP contribution in [-0.2, 0) is 4.79 Å². The highest BCUT2D eigenvalue weighted by molar-refractivity contribution is 5.96. The van der Waals surface area contributed by atoms with Gasteiger partial charge in [-0.3, -0.25) is 9.69 Å². The number of para-hydroxylation sites is 1. The minimum absolute atomic E-state index is 0.179. The van der Waals surface area contributed by atoms with E-state index in [0.717, 1.165) is 30.9 Å². The number of rotatable bonds is 4. The summed E-state index contributed by atoms with van der Waals surface area (Å²) in [6.45, 7) is 5.00. The lowest BCUT2D eigenvalue weighted by Crippen LogP contribution is -2.50. The molecular weight excluding hydrogens is 284 g/mol. The predicted octanol–water partition coefficient (Wildman–Crippen LogP) is 3.36. The van der Waals surface area contributed by atoms with Crippen LogP contribution in [0.2, 0.25) is 0 Å². The first-order chi connectivity index (χ1) is 11.2. The van der Waals surface area contributed by atoms with E-state index in [9.17, 15) is 4.79 Å². The Morgan fingerprint density at radius 3 is 2.48 bits per heavy atom. The molecule has 118 valence electrons. The van der Waals surface area contributed by atoms with Gasteiger partial charge in [0.2, 0.25) is 5.91 Å². The third kappa shape index (κ3) is 3.88. The standard InChI is InChI=1S/C20H22N2O/c1-17-8-5-6-12-19(17)22-15-14-21(16-20(22)23)13-7-11-18-9-3-2-4-10-18/h2-12H,13-16H2,1H3. The molecule has 2 aromatic rings. The Hall–Kier alpha value is -2.39. The maximum atomic E-state index is 12.5. The maximum Gasteiger partial charge on any atom is 0.241 e. The molecule has 0 aromatic heterocycles. The van der Waals surface area contributed by atoms with E-state index in [1.54, 1.807) is 0 Å². The summed E-state index contributed by atoms with van der Waals surface area (Å²) in [5, 5.41) is 0. The van der Waals surface area contributed by atoms with Crippen LogP contribution in [0.4, 0.5) is 5.69 Å². The van der Waals surface area contributed by atoms with E-state index in [-0.39, 0.29) is 5.91 Å². The quantitative estimate of drug-likeness (QED) is 0.865. The van der Waals surface area contributed by atoms with Gasteiger partial charge in [0.25, 0.3) is 0 Å². The molecule has 0 radical (unpaired) electrons. The first-order valence-electron chi connectivity index (χ1n) is 8.04. The van der Waals surface area contributed by atoms with Gasteiger partial charge in [0.1, 0.15) is 0 Å². The first-order valence-corrected chi connectivity index (χ1v) is 8.04. The molecule has 1 heterocycles. The van der Waals surface area contributed by atoms with Crippen LogP contribution in [0, 0.1) is 6.92 Å². The van der Waals surface area contributed by atoms with Crippen molar-refractivity contribution in [2.24, 2.45) is 0 Å². The number of nitrogens with zero attached hydrogens (tertiary/aromatic N) is 2. The summed E-state index contributed by atoms with van der Waals surface area (Å²) in [6, 6.07) is 18.3. The Morgan fingerprint density at radius 2 is 1.74 bits per heavy atom. The molecule has 1 fully saturated rings. The molecule has 0 saturated carbocycles. The van der Waals surface area contributed by atoms with Crippen LogP contribution in [0.3, 0.4) is 0 Å². The molecule has 0 unspecified atom stereocenters. The highest BCUT2D eigenvalue weighted by Crippen LogP contribution is 2.21. The van der Waals surface area contributed by atoms with E-state index in [0.29, 0.717) is 6.54 Å². The molecule has 3 heteroatoms. The Balaban J connectivity index is 1.58. The average molecular weight is 306 g/mol. The SMILES string of the molecule is Cc1ccccc1N1CCN(CC=Cc2ccccc2)CC1=O. The molecule has 3 rings (SSSR count). The number of carbonyl (C=O) groups is 1. The van der Waals surface area contributed by atoms with Crippen molar-refractivity contribution in [2.45, 2.75) is 6.92 Å². The fraction of sp³-hybridized carbons (Fsp3) is 0.250. The predicted molar refractivity (Wildman–Crippen MR) is 95.4 cm³/mol. The van der Waals surface area contributed by atoms with E-state index in [4.69, 9.17) is 0 Å². The van der Waals surface area contributed by atoms with Crippen molar-refractivity contribution in [1.29, 1.82) is 0 Å². The molecule has 0 bridgehead atoms. The van der Waals surface area contributed by atoms with Gasteiger partial charge >= 0.3 is 0 Å². The third-order valence-electron chi connectivity index (χ3n) is 4.18. The second-order valence-corrected chi connectivity index (χ2v) is 5.88. The van der Waals surface area contributed by atoms with Crippen molar-refractivity contribution in [1.82, 2.24) is 4.90 Å². The van der Waals surface area contributed by atoms with Crippen molar-refractivity contribution in [3.63, 3.8) is 0 Å². The van der Waals surface area contributed by atoms with Gasteiger partial charge in [0.05, 0.1) is 6.54 Å². The summed E-state index contributed by atoms with van der Waals surface area (Å²) in [5.41, 5.74) is 3.38. The topological polar surface area (TPSA) is 23.6 Å². The van der Waals surface area contributed by atoms with Gasteiger partial charge in [-0.15, -0.1) is 0 Å². The van der Waals surface area contributed by atoms with Gasteiger partial charge in [-0.1, -0.05) is 60.7 Å². The number of hydrogen-bond acceptors (Lipinski definition) is 2. The minimum atomic E-state index is 0.179. The average Bonchev–Trinajstić information content (AvgIpc) is 2.57. The van der Waals surface area contributed by atoms with E-state index in [2.05, 4.69) is 42.2 Å². The lowest BCUT2D eigenvalue weighted by Gasteiger charge is -2.34. The smallest absolute Gasteiger partial charge is 0.241 e. The van der Waals surface area contributed by atoms with Gasteiger partial charge < -0.3 is 4.90 Å². The zero-order valence-electron chi connectivity index (χ0n) is 13.5. The Labute approximate surface area is 137 Å². The van der Waals surface area contributed by atoms with Crippen molar-refractivity contribution < 1.29 is 4.79 Å². The molecule has 0 aliphatic carbocycles. The first kappa shape index (κ1) is 15.5. The number of piperazine rings is 1. The number of anilines is 1. The van der Waals surface area contributed by atoms with Crippen LogP contribution in [0.1, 0.15) is 11.1 Å². The number of hydrogen-bond donors (Lipinski definition) is 0. The summed E-state index contributed by atoms with van der Waals surface area (Å²) in [7, 11) is 0. The molecule has 0 spiro atoms.